The van der Waals surface area contributed by atoms with Gasteiger partial charge >= 0.3 is 0 Å². The zero-order valence-electron chi connectivity index (χ0n) is 16.8. The molecule has 0 unspecified atom stereocenters. The van der Waals surface area contributed by atoms with Gasteiger partial charge in [-0.25, -0.2) is 4.68 Å². The van der Waals surface area contributed by atoms with E-state index in [2.05, 4.69) is 33.0 Å². The number of anilines is 1. The van der Waals surface area contributed by atoms with Gasteiger partial charge in [-0.15, -0.1) is 0 Å². The van der Waals surface area contributed by atoms with Crippen molar-refractivity contribution in [3.05, 3.63) is 40.0 Å². The average Bonchev–Trinajstić information content (AvgIpc) is 3.01. The van der Waals surface area contributed by atoms with E-state index in [1.165, 1.54) is 0 Å². The van der Waals surface area contributed by atoms with Crippen molar-refractivity contribution < 1.29 is 4.79 Å². The molecule has 2 rings (SSSR count). The van der Waals surface area contributed by atoms with E-state index in [0.717, 1.165) is 31.4 Å². The Morgan fingerprint density at radius 3 is 2.52 bits per heavy atom. The van der Waals surface area contributed by atoms with E-state index in [4.69, 9.17) is 28.3 Å². The van der Waals surface area contributed by atoms with Gasteiger partial charge in [0.05, 0.1) is 16.4 Å². The highest BCUT2D eigenvalue weighted by molar-refractivity contribution is 6.34. The minimum atomic E-state index is -0.165. The van der Waals surface area contributed by atoms with Crippen LogP contribution in [-0.2, 0) is 10.2 Å². The average molecular weight is 410 g/mol. The van der Waals surface area contributed by atoms with Crippen molar-refractivity contribution in [3.8, 4) is 5.69 Å². The van der Waals surface area contributed by atoms with Crippen molar-refractivity contribution in [1.82, 2.24) is 9.78 Å². The lowest BCUT2D eigenvalue weighted by Gasteiger charge is -2.16. The summed E-state index contributed by atoms with van der Waals surface area (Å²) in [6.07, 6.45) is 3.81. The fraction of sp³-hybridized carbons (Fsp3) is 0.524. The Morgan fingerprint density at radius 1 is 1.22 bits per heavy atom. The third-order valence-corrected chi connectivity index (χ3v) is 5.19. The number of hydrogen-bond donors (Lipinski definition) is 1. The van der Waals surface area contributed by atoms with Gasteiger partial charge in [0.15, 0.2) is 0 Å². The summed E-state index contributed by atoms with van der Waals surface area (Å²) in [7, 11) is 0. The summed E-state index contributed by atoms with van der Waals surface area (Å²) in [6.45, 7) is 10.4. The number of benzene rings is 1. The molecule has 0 saturated carbocycles. The van der Waals surface area contributed by atoms with Crippen LogP contribution in [0.1, 0.15) is 66.0 Å². The van der Waals surface area contributed by atoms with Gasteiger partial charge in [0, 0.05) is 22.4 Å². The molecule has 27 heavy (non-hydrogen) atoms. The number of nitrogens with zero attached hydrogens (tertiary/aromatic N) is 2. The van der Waals surface area contributed by atoms with Gasteiger partial charge in [0.2, 0.25) is 5.91 Å². The predicted octanol–water partition coefficient (Wildman–Crippen LogP) is 6.63. The van der Waals surface area contributed by atoms with Gasteiger partial charge in [-0.1, -0.05) is 70.7 Å². The number of halogens is 2. The number of rotatable bonds is 7. The van der Waals surface area contributed by atoms with E-state index in [9.17, 15) is 4.79 Å². The fourth-order valence-electron chi connectivity index (χ4n) is 2.87. The van der Waals surface area contributed by atoms with Crippen LogP contribution in [0, 0.1) is 5.92 Å². The van der Waals surface area contributed by atoms with Crippen LogP contribution in [0.15, 0.2) is 24.3 Å². The van der Waals surface area contributed by atoms with Crippen molar-refractivity contribution in [3.63, 3.8) is 0 Å². The Labute approximate surface area is 172 Å². The molecule has 0 saturated heterocycles. The maximum Gasteiger partial charge on any atom is 0.228 e. The summed E-state index contributed by atoms with van der Waals surface area (Å²) in [6, 6.07) is 7.14. The summed E-state index contributed by atoms with van der Waals surface area (Å²) in [5.41, 5.74) is 1.36. The number of nitrogens with one attached hydrogen (secondary N) is 1. The van der Waals surface area contributed by atoms with Gasteiger partial charge in [-0.05, 0) is 31.0 Å². The number of carbonyl (C=O) groups excluding carboxylic acids is 1. The van der Waals surface area contributed by atoms with E-state index < -0.39 is 0 Å². The molecule has 1 N–H and O–H groups in total. The molecule has 0 fully saturated rings. The van der Waals surface area contributed by atoms with E-state index in [0.29, 0.717) is 21.6 Å². The molecular weight excluding hydrogens is 381 g/mol. The van der Waals surface area contributed by atoms with E-state index in [-0.39, 0.29) is 17.2 Å². The normalized spacial score (nSPS) is 12.9. The molecule has 0 aliphatic carbocycles. The number of amides is 1. The van der Waals surface area contributed by atoms with Crippen molar-refractivity contribution >= 4 is 34.9 Å². The highest BCUT2D eigenvalue weighted by Gasteiger charge is 2.24. The third-order valence-electron chi connectivity index (χ3n) is 4.64. The van der Waals surface area contributed by atoms with Crippen molar-refractivity contribution in [2.75, 3.05) is 5.32 Å². The second-order valence-corrected chi connectivity index (χ2v) is 8.75. The van der Waals surface area contributed by atoms with Gasteiger partial charge in [0.1, 0.15) is 5.82 Å². The highest BCUT2D eigenvalue weighted by Crippen LogP contribution is 2.31. The van der Waals surface area contributed by atoms with Crippen molar-refractivity contribution in [1.29, 1.82) is 0 Å². The molecule has 2 aromatic rings. The first kappa shape index (κ1) is 21.8. The Hall–Kier alpha value is -1.52. The molecule has 148 valence electrons. The van der Waals surface area contributed by atoms with Gasteiger partial charge < -0.3 is 5.32 Å². The van der Waals surface area contributed by atoms with Crippen LogP contribution in [0.4, 0.5) is 5.82 Å². The van der Waals surface area contributed by atoms with Crippen LogP contribution in [0.2, 0.25) is 10.0 Å². The van der Waals surface area contributed by atoms with Crippen LogP contribution in [0.5, 0.6) is 0 Å². The topological polar surface area (TPSA) is 46.9 Å². The molecule has 4 nitrogen and oxygen atoms in total. The number of unbranched alkanes of at least 4 members (excludes halogenated alkanes) is 1. The monoisotopic (exact) mass is 409 g/mol. The fourth-order valence-corrected chi connectivity index (χ4v) is 3.23. The lowest BCUT2D eigenvalue weighted by atomic mass is 9.92. The zero-order valence-corrected chi connectivity index (χ0v) is 18.3. The van der Waals surface area contributed by atoms with Gasteiger partial charge in [0.25, 0.3) is 0 Å². The zero-order chi connectivity index (χ0) is 20.2. The van der Waals surface area contributed by atoms with E-state index in [1.54, 1.807) is 22.9 Å². The molecule has 6 heteroatoms. The smallest absolute Gasteiger partial charge is 0.228 e. The molecule has 0 bridgehead atoms. The lowest BCUT2D eigenvalue weighted by Crippen LogP contribution is -2.23. The molecule has 0 aliphatic heterocycles. The Bertz CT molecular complexity index is 793. The maximum atomic E-state index is 12.8. The second kappa shape index (κ2) is 9.11. The maximum absolute atomic E-state index is 12.8. The molecule has 1 aromatic carbocycles. The lowest BCUT2D eigenvalue weighted by molar-refractivity contribution is -0.120. The minimum Gasteiger partial charge on any atom is -0.310 e. The molecular formula is C21H29Cl2N3O. The summed E-state index contributed by atoms with van der Waals surface area (Å²) in [5, 5.41) is 8.87. The SMILES string of the molecule is CCCC[C@H](CC)C(=O)Nc1cc(C(C)(C)C)nn1-c1cc(Cl)ccc1Cl. The van der Waals surface area contributed by atoms with Crippen LogP contribution < -0.4 is 5.32 Å². The van der Waals surface area contributed by atoms with Gasteiger partial charge in [-0.2, -0.15) is 5.10 Å². The first-order chi connectivity index (χ1) is 12.7. The van der Waals surface area contributed by atoms with E-state index in [1.807, 2.05) is 13.0 Å². The minimum absolute atomic E-state index is 0.0128. The van der Waals surface area contributed by atoms with Crippen LogP contribution in [-0.4, -0.2) is 15.7 Å². The van der Waals surface area contributed by atoms with Crippen LogP contribution in [0.25, 0.3) is 5.69 Å². The van der Waals surface area contributed by atoms with Crippen LogP contribution in [0.3, 0.4) is 0 Å². The Kier molecular flexibility index (Phi) is 7.35. The molecule has 1 heterocycles. The molecule has 0 spiro atoms. The molecule has 0 radical (unpaired) electrons. The Balaban J connectivity index is 2.44. The van der Waals surface area contributed by atoms with Crippen molar-refractivity contribution in [2.45, 2.75) is 65.7 Å². The Morgan fingerprint density at radius 2 is 1.93 bits per heavy atom. The van der Waals surface area contributed by atoms with Gasteiger partial charge in [-0.3, -0.25) is 4.79 Å². The first-order valence-electron chi connectivity index (χ1n) is 9.54. The molecule has 1 aromatic heterocycles. The highest BCUT2D eigenvalue weighted by atomic mass is 35.5. The number of hydrogen-bond acceptors (Lipinski definition) is 2. The quantitative estimate of drug-likeness (QED) is 0.557. The standard InChI is InChI=1S/C21H29Cl2N3O/c1-6-8-9-14(7-2)20(27)24-19-13-18(21(3,4)5)25-26(19)17-12-15(22)10-11-16(17)23/h10-14H,6-9H2,1-5H3,(H,24,27)/t14-/m0/s1. The largest absolute Gasteiger partial charge is 0.310 e. The summed E-state index contributed by atoms with van der Waals surface area (Å²) in [4.78, 5) is 12.8. The molecule has 1 amide bonds. The second-order valence-electron chi connectivity index (χ2n) is 7.91. The number of carbonyl (C=O) groups is 1. The first-order valence-corrected chi connectivity index (χ1v) is 10.3. The summed E-state index contributed by atoms with van der Waals surface area (Å²) in [5.74, 6) is 0.621. The van der Waals surface area contributed by atoms with Crippen LogP contribution >= 0.6 is 23.2 Å². The number of aromatic nitrogens is 2. The summed E-state index contributed by atoms with van der Waals surface area (Å²) < 4.78 is 1.68. The van der Waals surface area contributed by atoms with Crippen molar-refractivity contribution in [2.24, 2.45) is 5.92 Å². The summed E-state index contributed by atoms with van der Waals surface area (Å²) >= 11 is 12.6. The van der Waals surface area contributed by atoms with E-state index >= 15 is 0 Å². The molecule has 0 aliphatic rings. The predicted molar refractivity (Wildman–Crippen MR) is 114 cm³/mol. The molecule has 1 atom stereocenters. The third kappa shape index (κ3) is 5.49.